The van der Waals surface area contributed by atoms with E-state index in [0.717, 1.165) is 31.9 Å². The Morgan fingerprint density at radius 3 is 2.56 bits per heavy atom. The van der Waals surface area contributed by atoms with Crippen LogP contribution in [0.2, 0.25) is 10.3 Å². The zero-order chi connectivity index (χ0) is 13.1. The fourth-order valence-electron chi connectivity index (χ4n) is 1.93. The number of anilines is 1. The largest absolute Gasteiger partial charge is 0.392 e. The van der Waals surface area contributed by atoms with E-state index in [9.17, 15) is 0 Å². The second-order valence-corrected chi connectivity index (χ2v) is 5.34. The maximum Gasteiger partial charge on any atom is 0.175 e. The third kappa shape index (κ3) is 3.41. The van der Waals surface area contributed by atoms with Crippen molar-refractivity contribution in [3.05, 3.63) is 16.4 Å². The van der Waals surface area contributed by atoms with Gasteiger partial charge in [-0.1, -0.05) is 35.4 Å². The molecule has 0 unspecified atom stereocenters. The molecule has 0 saturated carbocycles. The molecule has 2 N–H and O–H groups in total. The van der Waals surface area contributed by atoms with Crippen LogP contribution in [0.25, 0.3) is 0 Å². The van der Waals surface area contributed by atoms with Crippen LogP contribution in [0, 0.1) is 0 Å². The number of rotatable bonds is 3. The summed E-state index contributed by atoms with van der Waals surface area (Å²) < 4.78 is 0. The average Bonchev–Trinajstić information content (AvgIpc) is 2.33. The number of thiocarbonyl (C=S) groups is 1. The van der Waals surface area contributed by atoms with E-state index in [4.69, 9.17) is 41.2 Å². The summed E-state index contributed by atoms with van der Waals surface area (Å²) in [6.45, 7) is 4.10. The van der Waals surface area contributed by atoms with Gasteiger partial charge < -0.3 is 10.6 Å². The highest BCUT2D eigenvalue weighted by molar-refractivity contribution is 7.80. The predicted octanol–water partition coefficient (Wildman–Crippen LogP) is 1.19. The molecular formula is C10H13Cl2N5S. The first kappa shape index (κ1) is 13.7. The second kappa shape index (κ2) is 5.97. The third-order valence-corrected chi connectivity index (χ3v) is 3.38. The third-order valence-electron chi connectivity index (χ3n) is 2.79. The number of piperazine rings is 1. The molecule has 1 aliphatic rings. The molecule has 2 heterocycles. The van der Waals surface area contributed by atoms with Gasteiger partial charge in [0.2, 0.25) is 0 Å². The van der Waals surface area contributed by atoms with E-state index in [-0.39, 0.29) is 0 Å². The predicted molar refractivity (Wildman–Crippen MR) is 77.5 cm³/mol. The Hall–Kier alpha value is -0.690. The lowest BCUT2D eigenvalue weighted by atomic mass is 10.3. The minimum absolute atomic E-state index is 0.347. The standard InChI is InChI=1S/C10H13Cl2N5S/c11-8-5-7(10(12)15-14-8)17-3-1-16(2-4-17)6-9(13)18/h5H,1-4,6H2,(H2,13,18). The van der Waals surface area contributed by atoms with Crippen LogP contribution < -0.4 is 10.6 Å². The molecule has 0 spiro atoms. The molecule has 0 bridgehead atoms. The smallest absolute Gasteiger partial charge is 0.175 e. The fourth-order valence-corrected chi connectivity index (χ4v) is 2.47. The van der Waals surface area contributed by atoms with E-state index in [2.05, 4.69) is 20.0 Å². The Balaban J connectivity index is 2.01. The minimum atomic E-state index is 0.347. The van der Waals surface area contributed by atoms with E-state index < -0.39 is 0 Å². The van der Waals surface area contributed by atoms with Gasteiger partial charge in [-0.25, -0.2) is 0 Å². The van der Waals surface area contributed by atoms with Gasteiger partial charge in [-0.2, -0.15) is 0 Å². The molecule has 8 heteroatoms. The highest BCUT2D eigenvalue weighted by Crippen LogP contribution is 2.26. The summed E-state index contributed by atoms with van der Waals surface area (Å²) in [7, 11) is 0. The summed E-state index contributed by atoms with van der Waals surface area (Å²) in [5.74, 6) is 0. The topological polar surface area (TPSA) is 58.3 Å². The number of hydrogen-bond acceptors (Lipinski definition) is 5. The van der Waals surface area contributed by atoms with E-state index in [1.807, 2.05) is 0 Å². The van der Waals surface area contributed by atoms with Crippen molar-refractivity contribution >= 4 is 46.1 Å². The average molecular weight is 306 g/mol. The van der Waals surface area contributed by atoms with Crippen molar-refractivity contribution < 1.29 is 0 Å². The van der Waals surface area contributed by atoms with Crippen LogP contribution in [0.5, 0.6) is 0 Å². The number of nitrogens with zero attached hydrogens (tertiary/aromatic N) is 4. The zero-order valence-electron chi connectivity index (χ0n) is 9.64. The van der Waals surface area contributed by atoms with E-state index in [0.29, 0.717) is 21.8 Å². The van der Waals surface area contributed by atoms with Crippen LogP contribution in [0.15, 0.2) is 6.07 Å². The van der Waals surface area contributed by atoms with Gasteiger partial charge in [0.1, 0.15) is 0 Å². The SMILES string of the molecule is NC(=S)CN1CCN(c2cc(Cl)nnc2Cl)CC1. The van der Waals surface area contributed by atoms with Crippen LogP contribution in [0.4, 0.5) is 5.69 Å². The van der Waals surface area contributed by atoms with Gasteiger partial charge >= 0.3 is 0 Å². The lowest BCUT2D eigenvalue weighted by Gasteiger charge is -2.35. The first-order chi connectivity index (χ1) is 8.56. The highest BCUT2D eigenvalue weighted by Gasteiger charge is 2.20. The Labute approximate surface area is 121 Å². The van der Waals surface area contributed by atoms with Crippen molar-refractivity contribution in [2.45, 2.75) is 0 Å². The quantitative estimate of drug-likeness (QED) is 0.847. The van der Waals surface area contributed by atoms with Crippen LogP contribution in [-0.2, 0) is 0 Å². The van der Waals surface area contributed by atoms with Crippen molar-refractivity contribution in [2.24, 2.45) is 5.73 Å². The van der Waals surface area contributed by atoms with Gasteiger partial charge in [0, 0.05) is 38.8 Å². The van der Waals surface area contributed by atoms with Crippen molar-refractivity contribution in [1.82, 2.24) is 15.1 Å². The summed E-state index contributed by atoms with van der Waals surface area (Å²) in [6.07, 6.45) is 0. The van der Waals surface area contributed by atoms with Gasteiger partial charge in [-0.3, -0.25) is 4.90 Å². The second-order valence-electron chi connectivity index (χ2n) is 4.07. The molecule has 5 nitrogen and oxygen atoms in total. The Morgan fingerprint density at radius 1 is 1.28 bits per heavy atom. The van der Waals surface area contributed by atoms with Gasteiger partial charge in [-0.05, 0) is 0 Å². The van der Waals surface area contributed by atoms with E-state index >= 15 is 0 Å². The molecule has 18 heavy (non-hydrogen) atoms. The number of aromatic nitrogens is 2. The lowest BCUT2D eigenvalue weighted by Crippen LogP contribution is -2.48. The molecule has 1 aromatic rings. The summed E-state index contributed by atoms with van der Waals surface area (Å²) in [4.78, 5) is 4.87. The number of hydrogen-bond donors (Lipinski definition) is 1. The molecular weight excluding hydrogens is 293 g/mol. The lowest BCUT2D eigenvalue weighted by molar-refractivity contribution is 0.292. The molecule has 2 rings (SSSR count). The number of nitrogens with two attached hydrogens (primary N) is 1. The van der Waals surface area contributed by atoms with Crippen molar-refractivity contribution in [3.8, 4) is 0 Å². The van der Waals surface area contributed by atoms with Crippen LogP contribution in [0.3, 0.4) is 0 Å². The fraction of sp³-hybridized carbons (Fsp3) is 0.500. The molecule has 0 aliphatic carbocycles. The monoisotopic (exact) mass is 305 g/mol. The minimum Gasteiger partial charge on any atom is -0.392 e. The molecule has 0 amide bonds. The molecule has 0 aromatic carbocycles. The van der Waals surface area contributed by atoms with Gasteiger partial charge in [0.05, 0.1) is 10.7 Å². The van der Waals surface area contributed by atoms with E-state index in [1.54, 1.807) is 6.07 Å². The summed E-state index contributed by atoms with van der Waals surface area (Å²) >= 11 is 16.8. The molecule has 0 radical (unpaired) electrons. The highest BCUT2D eigenvalue weighted by atomic mass is 35.5. The molecule has 1 aliphatic heterocycles. The first-order valence-corrected chi connectivity index (χ1v) is 6.67. The summed E-state index contributed by atoms with van der Waals surface area (Å²) in [5, 5.41) is 8.23. The van der Waals surface area contributed by atoms with Crippen LogP contribution >= 0.6 is 35.4 Å². The Kier molecular flexibility index (Phi) is 4.55. The molecule has 1 aromatic heterocycles. The number of halogens is 2. The van der Waals surface area contributed by atoms with Crippen molar-refractivity contribution in [3.63, 3.8) is 0 Å². The molecule has 0 atom stereocenters. The normalized spacial score (nSPS) is 16.9. The maximum absolute atomic E-state index is 6.02. The van der Waals surface area contributed by atoms with E-state index in [1.165, 1.54) is 0 Å². The first-order valence-electron chi connectivity index (χ1n) is 5.50. The van der Waals surface area contributed by atoms with Gasteiger partial charge in [0.15, 0.2) is 10.3 Å². The molecule has 1 fully saturated rings. The molecule has 98 valence electrons. The van der Waals surface area contributed by atoms with Crippen molar-refractivity contribution in [2.75, 3.05) is 37.6 Å². The maximum atomic E-state index is 6.02. The van der Waals surface area contributed by atoms with Crippen LogP contribution in [-0.4, -0.2) is 52.8 Å². The summed E-state index contributed by atoms with van der Waals surface area (Å²) in [5.41, 5.74) is 6.36. The van der Waals surface area contributed by atoms with Gasteiger partial charge in [-0.15, -0.1) is 10.2 Å². The Bertz CT molecular complexity index is 448. The van der Waals surface area contributed by atoms with Gasteiger partial charge in [0.25, 0.3) is 0 Å². The zero-order valence-corrected chi connectivity index (χ0v) is 12.0. The summed E-state index contributed by atoms with van der Waals surface area (Å²) in [6, 6.07) is 1.74. The van der Waals surface area contributed by atoms with Crippen molar-refractivity contribution in [1.29, 1.82) is 0 Å². The molecule has 1 saturated heterocycles. The Morgan fingerprint density at radius 2 is 1.94 bits per heavy atom. The van der Waals surface area contributed by atoms with Crippen LogP contribution in [0.1, 0.15) is 0 Å².